The van der Waals surface area contributed by atoms with Gasteiger partial charge in [-0.3, -0.25) is 14.9 Å². The SMILES string of the molecule is Cc1ncsc1CNC(=O)c1cc(F)ccc1[N+](=O)[O-]. The van der Waals surface area contributed by atoms with E-state index in [1.54, 1.807) is 12.4 Å². The normalized spacial score (nSPS) is 10.3. The highest BCUT2D eigenvalue weighted by Crippen LogP contribution is 2.20. The van der Waals surface area contributed by atoms with Gasteiger partial charge in [-0.2, -0.15) is 0 Å². The Morgan fingerprint density at radius 3 is 2.90 bits per heavy atom. The van der Waals surface area contributed by atoms with E-state index in [1.807, 2.05) is 0 Å². The Morgan fingerprint density at radius 1 is 1.55 bits per heavy atom. The fourth-order valence-corrected chi connectivity index (χ4v) is 2.32. The zero-order valence-electron chi connectivity index (χ0n) is 10.4. The molecule has 1 aromatic carbocycles. The molecule has 8 heteroatoms. The van der Waals surface area contributed by atoms with Gasteiger partial charge in [0, 0.05) is 10.9 Å². The Balaban J connectivity index is 2.19. The van der Waals surface area contributed by atoms with Crippen molar-refractivity contribution in [1.29, 1.82) is 0 Å². The van der Waals surface area contributed by atoms with E-state index in [-0.39, 0.29) is 12.1 Å². The second-order valence-electron chi connectivity index (χ2n) is 3.96. The highest BCUT2D eigenvalue weighted by Gasteiger charge is 2.20. The quantitative estimate of drug-likeness (QED) is 0.693. The summed E-state index contributed by atoms with van der Waals surface area (Å²) < 4.78 is 13.1. The maximum atomic E-state index is 13.1. The first kappa shape index (κ1) is 14.1. The van der Waals surface area contributed by atoms with Gasteiger partial charge in [-0.15, -0.1) is 11.3 Å². The average molecular weight is 295 g/mol. The lowest BCUT2D eigenvalue weighted by Crippen LogP contribution is -2.23. The molecule has 1 aromatic heterocycles. The number of halogens is 1. The van der Waals surface area contributed by atoms with Gasteiger partial charge in [-0.05, 0) is 19.1 Å². The molecule has 0 aliphatic heterocycles. The predicted octanol–water partition coefficient (Wildman–Crippen LogP) is 2.43. The number of thiazole rings is 1. The minimum absolute atomic E-state index is 0.197. The second kappa shape index (κ2) is 5.74. The van der Waals surface area contributed by atoms with Gasteiger partial charge in [0.25, 0.3) is 11.6 Å². The van der Waals surface area contributed by atoms with Crippen LogP contribution >= 0.6 is 11.3 Å². The van der Waals surface area contributed by atoms with Gasteiger partial charge in [0.2, 0.25) is 0 Å². The lowest BCUT2D eigenvalue weighted by molar-refractivity contribution is -0.385. The van der Waals surface area contributed by atoms with E-state index in [0.717, 1.165) is 28.8 Å². The largest absolute Gasteiger partial charge is 0.347 e. The van der Waals surface area contributed by atoms with Crippen molar-refractivity contribution in [2.75, 3.05) is 0 Å². The van der Waals surface area contributed by atoms with Gasteiger partial charge in [-0.1, -0.05) is 0 Å². The zero-order valence-corrected chi connectivity index (χ0v) is 11.2. The minimum Gasteiger partial charge on any atom is -0.347 e. The molecule has 0 spiro atoms. The number of carbonyl (C=O) groups excluding carboxylic acids is 1. The molecule has 0 bridgehead atoms. The summed E-state index contributed by atoms with van der Waals surface area (Å²) in [6, 6.07) is 2.78. The number of aryl methyl sites for hydroxylation is 1. The summed E-state index contributed by atoms with van der Waals surface area (Å²) in [6.45, 7) is 1.99. The molecule has 1 amide bonds. The van der Waals surface area contributed by atoms with E-state index in [0.29, 0.717) is 0 Å². The van der Waals surface area contributed by atoms with Crippen LogP contribution in [-0.2, 0) is 6.54 Å². The maximum Gasteiger partial charge on any atom is 0.282 e. The summed E-state index contributed by atoms with van der Waals surface area (Å²) in [5.74, 6) is -1.39. The summed E-state index contributed by atoms with van der Waals surface area (Å²) in [5, 5.41) is 13.3. The molecule has 0 aliphatic carbocycles. The third-order valence-electron chi connectivity index (χ3n) is 2.65. The average Bonchev–Trinajstić information content (AvgIpc) is 2.81. The van der Waals surface area contributed by atoms with Gasteiger partial charge < -0.3 is 5.32 Å². The van der Waals surface area contributed by atoms with Gasteiger partial charge in [0.1, 0.15) is 11.4 Å². The number of hydrogen-bond acceptors (Lipinski definition) is 5. The van der Waals surface area contributed by atoms with Crippen LogP contribution in [0.15, 0.2) is 23.7 Å². The molecule has 1 N–H and O–H groups in total. The van der Waals surface area contributed by atoms with E-state index < -0.39 is 22.3 Å². The third-order valence-corrected chi connectivity index (χ3v) is 3.59. The van der Waals surface area contributed by atoms with Crippen LogP contribution < -0.4 is 5.32 Å². The van der Waals surface area contributed by atoms with Crippen LogP contribution in [0.1, 0.15) is 20.9 Å². The van der Waals surface area contributed by atoms with Crippen LogP contribution in [0.25, 0.3) is 0 Å². The number of rotatable bonds is 4. The fraction of sp³-hybridized carbons (Fsp3) is 0.167. The summed E-state index contributed by atoms with van der Waals surface area (Å²) in [6.07, 6.45) is 0. The highest BCUT2D eigenvalue weighted by molar-refractivity contribution is 7.09. The number of nitrogens with zero attached hydrogens (tertiary/aromatic N) is 2. The first-order chi connectivity index (χ1) is 9.49. The molecule has 0 aliphatic rings. The molecule has 0 unspecified atom stereocenters. The number of nitro benzene ring substituents is 1. The van der Waals surface area contributed by atoms with Crippen LogP contribution in [0.5, 0.6) is 0 Å². The number of nitrogens with one attached hydrogen (secondary N) is 1. The van der Waals surface area contributed by atoms with Crippen LogP contribution in [-0.4, -0.2) is 15.8 Å². The number of hydrogen-bond donors (Lipinski definition) is 1. The molecular formula is C12H10FN3O3S. The number of amides is 1. The van der Waals surface area contributed by atoms with E-state index in [2.05, 4.69) is 10.3 Å². The van der Waals surface area contributed by atoms with Gasteiger partial charge in [0.15, 0.2) is 0 Å². The Kier molecular flexibility index (Phi) is 4.04. The first-order valence-electron chi connectivity index (χ1n) is 5.60. The number of nitro groups is 1. The Labute approximate surface area is 117 Å². The van der Waals surface area contributed by atoms with E-state index in [1.165, 1.54) is 11.3 Å². The number of benzene rings is 1. The van der Waals surface area contributed by atoms with Gasteiger partial charge in [-0.25, -0.2) is 9.37 Å². The molecule has 2 rings (SSSR count). The van der Waals surface area contributed by atoms with Crippen molar-refractivity contribution in [2.45, 2.75) is 13.5 Å². The number of aromatic nitrogens is 1. The number of carbonyl (C=O) groups is 1. The molecule has 1 heterocycles. The molecule has 104 valence electrons. The summed E-state index contributed by atoms with van der Waals surface area (Å²) >= 11 is 1.37. The van der Waals surface area contributed by atoms with Crippen molar-refractivity contribution < 1.29 is 14.1 Å². The van der Waals surface area contributed by atoms with Crippen LogP contribution in [0.4, 0.5) is 10.1 Å². The monoisotopic (exact) mass is 295 g/mol. The smallest absolute Gasteiger partial charge is 0.282 e. The van der Waals surface area contributed by atoms with Crippen LogP contribution in [0.2, 0.25) is 0 Å². The zero-order chi connectivity index (χ0) is 14.7. The van der Waals surface area contributed by atoms with Gasteiger partial charge >= 0.3 is 0 Å². The van der Waals surface area contributed by atoms with Crippen LogP contribution in [0.3, 0.4) is 0 Å². The minimum atomic E-state index is -0.716. The standard InChI is InChI=1S/C12H10FN3O3S/c1-7-11(20-6-15-7)5-14-12(17)9-4-8(13)2-3-10(9)16(18)19/h2-4,6H,5H2,1H3,(H,14,17). The highest BCUT2D eigenvalue weighted by atomic mass is 32.1. The molecular weight excluding hydrogens is 285 g/mol. The Morgan fingerprint density at radius 2 is 2.30 bits per heavy atom. The van der Waals surface area contributed by atoms with Gasteiger partial charge in [0.05, 0.1) is 22.7 Å². The Hall–Kier alpha value is -2.35. The van der Waals surface area contributed by atoms with Crippen LogP contribution in [0, 0.1) is 22.9 Å². The summed E-state index contributed by atoms with van der Waals surface area (Å²) in [4.78, 5) is 26.9. The topological polar surface area (TPSA) is 85.1 Å². The first-order valence-corrected chi connectivity index (χ1v) is 6.48. The van der Waals surface area contributed by atoms with E-state index >= 15 is 0 Å². The Bertz CT molecular complexity index is 672. The lowest BCUT2D eigenvalue weighted by atomic mass is 10.1. The molecule has 6 nitrogen and oxygen atoms in total. The van der Waals surface area contributed by atoms with Crippen molar-refractivity contribution in [3.8, 4) is 0 Å². The van der Waals surface area contributed by atoms with Crippen molar-refractivity contribution in [1.82, 2.24) is 10.3 Å². The van der Waals surface area contributed by atoms with Crippen molar-refractivity contribution >= 4 is 22.9 Å². The maximum absolute atomic E-state index is 13.1. The van der Waals surface area contributed by atoms with Crippen molar-refractivity contribution in [3.63, 3.8) is 0 Å². The van der Waals surface area contributed by atoms with E-state index in [9.17, 15) is 19.3 Å². The van der Waals surface area contributed by atoms with Crippen molar-refractivity contribution in [2.24, 2.45) is 0 Å². The van der Waals surface area contributed by atoms with Crippen molar-refractivity contribution in [3.05, 3.63) is 55.8 Å². The molecule has 0 fully saturated rings. The molecule has 0 saturated carbocycles. The van der Waals surface area contributed by atoms with E-state index in [4.69, 9.17) is 0 Å². The summed E-state index contributed by atoms with van der Waals surface area (Å²) in [5.41, 5.74) is 1.70. The predicted molar refractivity (Wildman–Crippen MR) is 71.1 cm³/mol. The molecule has 0 atom stereocenters. The third kappa shape index (κ3) is 2.97. The fourth-order valence-electron chi connectivity index (χ4n) is 1.60. The molecule has 0 saturated heterocycles. The summed E-state index contributed by atoms with van der Waals surface area (Å²) in [7, 11) is 0. The second-order valence-corrected chi connectivity index (χ2v) is 4.90. The lowest BCUT2D eigenvalue weighted by Gasteiger charge is -2.05. The molecule has 2 aromatic rings. The molecule has 20 heavy (non-hydrogen) atoms. The molecule has 0 radical (unpaired) electrons.